The average molecular weight is 747 g/mol. The van der Waals surface area contributed by atoms with Crippen molar-refractivity contribution >= 4 is 40.1 Å². The summed E-state index contributed by atoms with van der Waals surface area (Å²) >= 11 is 1.52. The number of likely N-dealkylation sites (N-methyl/N-ethyl adjacent to an activating group) is 1. The lowest BCUT2D eigenvalue weighted by molar-refractivity contribution is -0.143. The zero-order chi connectivity index (χ0) is 37.9. The van der Waals surface area contributed by atoms with Crippen LogP contribution in [0.1, 0.15) is 61.6 Å². The Morgan fingerprint density at radius 2 is 1.70 bits per heavy atom. The maximum absolute atomic E-state index is 14.7. The van der Waals surface area contributed by atoms with Crippen LogP contribution in [0.3, 0.4) is 0 Å². The molecule has 1 amide bonds. The predicted molar refractivity (Wildman–Crippen MR) is 213 cm³/mol. The molecular weight excluding hydrogens is 697 g/mol. The van der Waals surface area contributed by atoms with Crippen molar-refractivity contribution in [2.24, 2.45) is 17.4 Å². The molecule has 6 rings (SSSR count). The number of hydrogen-bond donors (Lipinski definition) is 4. The average Bonchev–Trinajstić information content (AvgIpc) is 3.61. The third-order valence-corrected chi connectivity index (χ3v) is 11.5. The minimum atomic E-state index is -0.761. The van der Waals surface area contributed by atoms with Crippen molar-refractivity contribution in [3.63, 3.8) is 0 Å². The van der Waals surface area contributed by atoms with Crippen molar-refractivity contribution in [3.8, 4) is 11.3 Å². The first-order valence-electron chi connectivity index (χ1n) is 18.9. The highest BCUT2D eigenvalue weighted by Crippen LogP contribution is 2.36. The molecule has 0 fully saturated rings. The molecule has 282 valence electrons. The van der Waals surface area contributed by atoms with E-state index in [0.717, 1.165) is 55.2 Å². The minimum Gasteiger partial charge on any atom is -0.361 e. The van der Waals surface area contributed by atoms with Crippen molar-refractivity contribution in [1.82, 2.24) is 30.2 Å². The van der Waals surface area contributed by atoms with Crippen molar-refractivity contribution in [2.45, 2.75) is 86.3 Å². The molecule has 6 N–H and O–H groups in total. The highest BCUT2D eigenvalue weighted by atomic mass is 32.2. The number of nitrogens with zero attached hydrogens (tertiary/aromatic N) is 4. The molecule has 1 aliphatic rings. The minimum absolute atomic E-state index is 0.0394. The Bertz CT molecular complexity index is 2040. The molecule has 0 radical (unpaired) electrons. The third-order valence-electron chi connectivity index (χ3n) is 10.3. The second-order valence-electron chi connectivity index (χ2n) is 14.0. The number of para-hydroxylation sites is 1. The molecule has 0 bridgehead atoms. The molecular formula is C42H50N8O3S. The molecule has 0 aliphatic carbocycles. The van der Waals surface area contributed by atoms with Gasteiger partial charge in [-0.25, -0.2) is 4.98 Å². The van der Waals surface area contributed by atoms with Crippen LogP contribution in [0.25, 0.3) is 22.2 Å². The Morgan fingerprint density at radius 1 is 0.870 bits per heavy atom. The number of benzene rings is 1. The molecule has 0 saturated heterocycles. The number of Topliss-reactive ketones (excluding diaryl/α,β-unsaturated/α-hetero) is 2. The van der Waals surface area contributed by atoms with Gasteiger partial charge in [-0.15, -0.1) is 0 Å². The maximum atomic E-state index is 14.7. The van der Waals surface area contributed by atoms with E-state index >= 15 is 0 Å². The van der Waals surface area contributed by atoms with Crippen LogP contribution < -0.4 is 16.8 Å². The highest BCUT2D eigenvalue weighted by Gasteiger charge is 2.34. The molecule has 0 unspecified atom stereocenters. The summed E-state index contributed by atoms with van der Waals surface area (Å²) in [6.45, 7) is 1.35. The molecule has 11 nitrogen and oxygen atoms in total. The van der Waals surface area contributed by atoms with Gasteiger partial charge in [-0.05, 0) is 92.2 Å². The smallest absolute Gasteiger partial charge is 0.226 e. The monoisotopic (exact) mass is 746 g/mol. The summed E-state index contributed by atoms with van der Waals surface area (Å²) in [6.07, 6.45) is 13.1. The summed E-state index contributed by atoms with van der Waals surface area (Å²) in [5, 5.41) is 5.31. The second kappa shape index (κ2) is 19.0. The number of nitrogens with two attached hydrogens (primary N) is 2. The number of aromatic nitrogens is 4. The summed E-state index contributed by atoms with van der Waals surface area (Å²) in [6, 6.07) is 16.4. The van der Waals surface area contributed by atoms with Gasteiger partial charge < -0.3 is 26.7 Å². The topological polar surface area (TPSA) is 173 Å². The normalized spacial score (nSPS) is 19.1. The van der Waals surface area contributed by atoms with Crippen LogP contribution in [0.2, 0.25) is 0 Å². The van der Waals surface area contributed by atoms with E-state index in [1.807, 2.05) is 60.8 Å². The lowest BCUT2D eigenvalue weighted by Gasteiger charge is -2.31. The Hall–Kier alpha value is -4.75. The van der Waals surface area contributed by atoms with E-state index in [9.17, 15) is 14.4 Å². The van der Waals surface area contributed by atoms with Gasteiger partial charge in [-0.1, -0.05) is 42.4 Å². The molecule has 5 heterocycles. The van der Waals surface area contributed by atoms with Crippen LogP contribution in [0.5, 0.6) is 0 Å². The fourth-order valence-corrected chi connectivity index (χ4v) is 8.36. The lowest BCUT2D eigenvalue weighted by Crippen LogP contribution is -2.47. The first kappa shape index (κ1) is 39.0. The van der Waals surface area contributed by atoms with Crippen molar-refractivity contribution in [2.75, 3.05) is 20.1 Å². The standard InChI is InChI=1S/C42H50N8O3S/c1-50-36(23-31-27-48-34-13-3-2-12-32(31)34)37(51)16-15-33-39(17-22-46-40(33)29-10-7-20-45-25-29)54-41-30(11-8-21-47-41)26-49-35(14-6-19-44)38(52)24-28(42(50)53)9-4-5-18-43/h2-3,7-8,10-13,17,20-22,25,27-28,35-36,48-49H,4-6,9,14-16,18-19,23-24,26,43-44H2,1H3/t28-,35+,36+/m1/s1. The molecule has 0 saturated carbocycles. The summed E-state index contributed by atoms with van der Waals surface area (Å²) in [4.78, 5) is 63.2. The van der Waals surface area contributed by atoms with Gasteiger partial charge in [-0.3, -0.25) is 24.4 Å². The number of hydrogen-bond acceptors (Lipinski definition) is 10. The Labute approximate surface area is 321 Å². The summed E-state index contributed by atoms with van der Waals surface area (Å²) < 4.78 is 0. The van der Waals surface area contributed by atoms with Crippen LogP contribution in [-0.2, 0) is 33.8 Å². The number of carbonyl (C=O) groups is 3. The zero-order valence-corrected chi connectivity index (χ0v) is 31.7. The number of H-pyrrole nitrogens is 1. The second-order valence-corrected chi connectivity index (χ2v) is 15.0. The van der Waals surface area contributed by atoms with E-state index in [-0.39, 0.29) is 30.3 Å². The van der Waals surface area contributed by atoms with Crippen molar-refractivity contribution in [3.05, 3.63) is 102 Å². The van der Waals surface area contributed by atoms with Gasteiger partial charge in [0.1, 0.15) is 5.03 Å². The van der Waals surface area contributed by atoms with E-state index in [0.29, 0.717) is 58.2 Å². The quantitative estimate of drug-likeness (QED) is 0.131. The van der Waals surface area contributed by atoms with Gasteiger partial charge in [0, 0.05) is 91.1 Å². The number of aromatic amines is 1. The van der Waals surface area contributed by atoms with E-state index in [2.05, 4.69) is 15.3 Å². The first-order valence-corrected chi connectivity index (χ1v) is 19.7. The number of nitrogens with one attached hydrogen (secondary N) is 2. The van der Waals surface area contributed by atoms with Gasteiger partial charge >= 0.3 is 0 Å². The number of ketones is 2. The van der Waals surface area contributed by atoms with Crippen LogP contribution in [0.4, 0.5) is 0 Å². The summed E-state index contributed by atoms with van der Waals surface area (Å²) in [5.74, 6) is -0.909. The molecule has 1 aromatic carbocycles. The lowest BCUT2D eigenvalue weighted by atomic mass is 9.89. The number of unbranched alkanes of at least 4 members (excludes halogenated alkanes) is 1. The van der Waals surface area contributed by atoms with Crippen LogP contribution in [-0.4, -0.2) is 74.5 Å². The fourth-order valence-electron chi connectivity index (χ4n) is 7.32. The van der Waals surface area contributed by atoms with Crippen molar-refractivity contribution < 1.29 is 14.4 Å². The van der Waals surface area contributed by atoms with Gasteiger partial charge in [0.05, 0.1) is 17.8 Å². The molecule has 3 atom stereocenters. The van der Waals surface area contributed by atoms with E-state index < -0.39 is 18.0 Å². The third kappa shape index (κ3) is 9.48. The molecule has 12 heteroatoms. The van der Waals surface area contributed by atoms with Crippen molar-refractivity contribution in [1.29, 1.82) is 0 Å². The molecule has 5 aromatic rings. The van der Waals surface area contributed by atoms with E-state index in [4.69, 9.17) is 21.4 Å². The zero-order valence-electron chi connectivity index (χ0n) is 30.9. The Morgan fingerprint density at radius 3 is 2.52 bits per heavy atom. The van der Waals surface area contributed by atoms with Crippen LogP contribution in [0.15, 0.2) is 95.5 Å². The number of rotatable bonds is 10. The largest absolute Gasteiger partial charge is 0.361 e. The first-order chi connectivity index (χ1) is 26.4. The summed E-state index contributed by atoms with van der Waals surface area (Å²) in [7, 11) is 1.72. The maximum Gasteiger partial charge on any atom is 0.226 e. The van der Waals surface area contributed by atoms with Gasteiger partial charge in [-0.2, -0.15) is 0 Å². The van der Waals surface area contributed by atoms with E-state index in [1.54, 1.807) is 36.7 Å². The van der Waals surface area contributed by atoms with Crippen LogP contribution in [0, 0.1) is 5.92 Å². The number of fused-ring (bicyclic) bond motifs is 3. The Kier molecular flexibility index (Phi) is 13.7. The number of pyridine rings is 3. The molecule has 1 aliphatic heterocycles. The number of amides is 1. The SMILES string of the molecule is CN1C(=O)[C@H](CCCCN)CC(=O)[C@H](CCCN)NCc2cccnc2Sc2ccnc(-c3cccnc3)c2CCC(=O)[C@@H]1Cc1c[nH]c2ccccc12. The highest BCUT2D eigenvalue weighted by molar-refractivity contribution is 7.99. The fraction of sp³-hybridized carbons (Fsp3) is 0.381. The molecule has 0 spiro atoms. The van der Waals surface area contributed by atoms with Crippen LogP contribution >= 0.6 is 11.8 Å². The predicted octanol–water partition coefficient (Wildman–Crippen LogP) is 5.66. The van der Waals surface area contributed by atoms with E-state index in [1.165, 1.54) is 11.8 Å². The number of carbonyl (C=O) groups excluding carboxylic acids is 3. The Balaban J connectivity index is 1.44. The van der Waals surface area contributed by atoms with Gasteiger partial charge in [0.25, 0.3) is 0 Å². The molecule has 4 aromatic heterocycles. The van der Waals surface area contributed by atoms with Gasteiger partial charge in [0.2, 0.25) is 5.91 Å². The summed E-state index contributed by atoms with van der Waals surface area (Å²) in [5.41, 5.74) is 17.1. The molecule has 54 heavy (non-hydrogen) atoms. The van der Waals surface area contributed by atoms with Gasteiger partial charge in [0.15, 0.2) is 11.6 Å².